The van der Waals surface area contributed by atoms with Gasteiger partial charge < -0.3 is 10.8 Å². The third-order valence-electron chi connectivity index (χ3n) is 2.45. The van der Waals surface area contributed by atoms with Gasteiger partial charge in [-0.2, -0.15) is 0 Å². The fourth-order valence-corrected chi connectivity index (χ4v) is 1.40. The molecule has 3 heteroatoms. The number of pyridine rings is 1. The van der Waals surface area contributed by atoms with Gasteiger partial charge in [0.2, 0.25) is 0 Å². The van der Waals surface area contributed by atoms with Crippen LogP contribution < -0.4 is 5.73 Å². The van der Waals surface area contributed by atoms with E-state index in [1.54, 1.807) is 13.1 Å². The van der Waals surface area contributed by atoms with Crippen LogP contribution in [0.3, 0.4) is 0 Å². The molecule has 18 heavy (non-hydrogen) atoms. The van der Waals surface area contributed by atoms with E-state index in [1.165, 1.54) is 0 Å². The lowest BCUT2D eigenvalue weighted by Crippen LogP contribution is -2.24. The Kier molecular flexibility index (Phi) is 6.05. The van der Waals surface area contributed by atoms with Gasteiger partial charge in [0.05, 0.1) is 6.10 Å². The first kappa shape index (κ1) is 14.4. The smallest absolute Gasteiger partial charge is 0.0938 e. The van der Waals surface area contributed by atoms with Crippen LogP contribution in [0.5, 0.6) is 0 Å². The maximum atomic E-state index is 9.47. The van der Waals surface area contributed by atoms with Gasteiger partial charge in [0.1, 0.15) is 0 Å². The molecule has 0 radical (unpaired) electrons. The van der Waals surface area contributed by atoms with Crippen LogP contribution in [-0.4, -0.2) is 16.1 Å². The maximum absolute atomic E-state index is 9.47. The quantitative estimate of drug-likeness (QED) is 0.853. The number of nitrogens with two attached hydrogens (primary N) is 1. The maximum Gasteiger partial charge on any atom is 0.0938 e. The Morgan fingerprint density at radius 3 is 2.06 bits per heavy atom. The van der Waals surface area contributed by atoms with Crippen LogP contribution in [0.1, 0.15) is 24.3 Å². The van der Waals surface area contributed by atoms with Gasteiger partial charge >= 0.3 is 0 Å². The Balaban J connectivity index is 0.000000199. The molecule has 0 saturated carbocycles. The van der Waals surface area contributed by atoms with Crippen LogP contribution in [0.2, 0.25) is 0 Å². The molecule has 0 aliphatic rings. The summed E-state index contributed by atoms with van der Waals surface area (Å²) in [6.45, 7) is 3.76. The first-order chi connectivity index (χ1) is 8.61. The van der Waals surface area contributed by atoms with E-state index in [0.717, 1.165) is 11.3 Å². The van der Waals surface area contributed by atoms with Gasteiger partial charge in [-0.05, 0) is 31.5 Å². The summed E-state index contributed by atoms with van der Waals surface area (Å²) in [5.74, 6) is 0. The van der Waals surface area contributed by atoms with Crippen molar-refractivity contribution in [2.24, 2.45) is 5.73 Å². The van der Waals surface area contributed by atoms with Crippen molar-refractivity contribution in [2.75, 3.05) is 0 Å². The number of benzene rings is 1. The standard InChI is InChI=1S/C9H13NO.C6H7N/c1-7(10)9(11)8-5-3-2-4-6-8;1-6-4-2-3-5-7-6/h2-7,9,11H,10H2,1H3;2-5H,1H3. The molecule has 0 bridgehead atoms. The zero-order chi connectivity index (χ0) is 13.4. The first-order valence-electron chi connectivity index (χ1n) is 5.97. The molecule has 0 saturated heterocycles. The van der Waals surface area contributed by atoms with E-state index < -0.39 is 6.10 Å². The third kappa shape index (κ3) is 5.08. The van der Waals surface area contributed by atoms with E-state index >= 15 is 0 Å². The molecule has 2 rings (SSSR count). The lowest BCUT2D eigenvalue weighted by Gasteiger charge is -2.13. The first-order valence-corrected chi connectivity index (χ1v) is 5.97. The van der Waals surface area contributed by atoms with E-state index in [4.69, 9.17) is 5.73 Å². The number of aryl methyl sites for hydroxylation is 1. The Labute approximate surface area is 108 Å². The van der Waals surface area contributed by atoms with Crippen LogP contribution in [0, 0.1) is 6.92 Å². The zero-order valence-electron chi connectivity index (χ0n) is 10.8. The SMILES string of the molecule is CC(N)C(O)c1ccccc1.Cc1ccccn1. The van der Waals surface area contributed by atoms with Crippen LogP contribution in [0.25, 0.3) is 0 Å². The number of nitrogens with zero attached hydrogens (tertiary/aromatic N) is 1. The van der Waals surface area contributed by atoms with Crippen molar-refractivity contribution < 1.29 is 5.11 Å². The molecule has 2 atom stereocenters. The van der Waals surface area contributed by atoms with Crippen molar-refractivity contribution in [2.45, 2.75) is 26.0 Å². The number of aliphatic hydroxyl groups excluding tert-OH is 1. The highest BCUT2D eigenvalue weighted by Crippen LogP contribution is 2.13. The van der Waals surface area contributed by atoms with E-state index in [-0.39, 0.29) is 6.04 Å². The van der Waals surface area contributed by atoms with Gasteiger partial charge in [-0.15, -0.1) is 0 Å². The molecule has 3 nitrogen and oxygen atoms in total. The summed E-state index contributed by atoms with van der Waals surface area (Å²) in [7, 11) is 0. The lowest BCUT2D eigenvalue weighted by molar-refractivity contribution is 0.153. The minimum absolute atomic E-state index is 0.211. The molecule has 0 aliphatic heterocycles. The van der Waals surface area contributed by atoms with E-state index in [0.29, 0.717) is 0 Å². The average molecular weight is 244 g/mol. The largest absolute Gasteiger partial charge is 0.387 e. The van der Waals surface area contributed by atoms with Crippen molar-refractivity contribution in [3.63, 3.8) is 0 Å². The summed E-state index contributed by atoms with van der Waals surface area (Å²) in [6.07, 6.45) is 1.24. The minimum atomic E-state index is -0.545. The van der Waals surface area contributed by atoms with Gasteiger partial charge in [0.15, 0.2) is 0 Å². The normalized spacial score (nSPS) is 13.1. The molecule has 0 spiro atoms. The molecule has 3 N–H and O–H groups in total. The van der Waals surface area contributed by atoms with Crippen LogP contribution in [0.4, 0.5) is 0 Å². The monoisotopic (exact) mass is 244 g/mol. The highest BCUT2D eigenvalue weighted by atomic mass is 16.3. The van der Waals surface area contributed by atoms with Crippen molar-refractivity contribution in [3.05, 3.63) is 66.0 Å². The average Bonchev–Trinajstić information content (AvgIpc) is 2.40. The van der Waals surface area contributed by atoms with Crippen molar-refractivity contribution >= 4 is 0 Å². The fourth-order valence-electron chi connectivity index (χ4n) is 1.40. The van der Waals surface area contributed by atoms with Gasteiger partial charge in [0, 0.05) is 17.9 Å². The summed E-state index contributed by atoms with van der Waals surface area (Å²) < 4.78 is 0. The molecular weight excluding hydrogens is 224 g/mol. The summed E-state index contributed by atoms with van der Waals surface area (Å²) in [6, 6.07) is 15.1. The number of aromatic nitrogens is 1. The molecule has 1 heterocycles. The van der Waals surface area contributed by atoms with Gasteiger partial charge in [-0.25, -0.2) is 0 Å². The Hall–Kier alpha value is -1.71. The van der Waals surface area contributed by atoms with Gasteiger partial charge in [-0.3, -0.25) is 4.98 Å². The predicted octanol–water partition coefficient (Wildman–Crippen LogP) is 2.46. The zero-order valence-corrected chi connectivity index (χ0v) is 10.8. The molecular formula is C15H20N2O. The summed E-state index contributed by atoms with van der Waals surface area (Å²) in [4.78, 5) is 3.98. The van der Waals surface area contributed by atoms with Crippen molar-refractivity contribution in [1.82, 2.24) is 4.98 Å². The van der Waals surface area contributed by atoms with Crippen molar-refractivity contribution in [1.29, 1.82) is 0 Å². The number of hydrogen-bond acceptors (Lipinski definition) is 3. The van der Waals surface area contributed by atoms with E-state index in [1.807, 2.05) is 55.5 Å². The summed E-state index contributed by atoms with van der Waals surface area (Å²) >= 11 is 0. The highest BCUT2D eigenvalue weighted by Gasteiger charge is 2.10. The number of hydrogen-bond donors (Lipinski definition) is 2. The second-order valence-corrected chi connectivity index (χ2v) is 4.19. The minimum Gasteiger partial charge on any atom is -0.387 e. The number of aliphatic hydroxyl groups is 1. The Morgan fingerprint density at radius 1 is 1.06 bits per heavy atom. The Bertz CT molecular complexity index is 429. The molecule has 0 amide bonds. The highest BCUT2D eigenvalue weighted by molar-refractivity contribution is 5.18. The molecule has 0 fully saturated rings. The summed E-state index contributed by atoms with van der Waals surface area (Å²) in [5.41, 5.74) is 7.47. The third-order valence-corrected chi connectivity index (χ3v) is 2.45. The summed E-state index contributed by atoms with van der Waals surface area (Å²) in [5, 5.41) is 9.47. The fraction of sp³-hybridized carbons (Fsp3) is 0.267. The van der Waals surface area contributed by atoms with Crippen molar-refractivity contribution in [3.8, 4) is 0 Å². The molecule has 96 valence electrons. The van der Waals surface area contributed by atoms with Crippen LogP contribution in [0.15, 0.2) is 54.7 Å². The van der Waals surface area contributed by atoms with Gasteiger partial charge in [0.25, 0.3) is 0 Å². The molecule has 1 aromatic heterocycles. The Morgan fingerprint density at radius 2 is 1.67 bits per heavy atom. The van der Waals surface area contributed by atoms with E-state index in [9.17, 15) is 5.11 Å². The lowest BCUT2D eigenvalue weighted by atomic mass is 10.0. The van der Waals surface area contributed by atoms with Gasteiger partial charge in [-0.1, -0.05) is 36.4 Å². The molecule has 2 unspecified atom stereocenters. The molecule has 2 aromatic rings. The molecule has 1 aromatic carbocycles. The topological polar surface area (TPSA) is 59.1 Å². The number of rotatable bonds is 2. The van der Waals surface area contributed by atoms with Crippen LogP contribution in [-0.2, 0) is 0 Å². The molecule has 0 aliphatic carbocycles. The second kappa shape index (κ2) is 7.58. The van der Waals surface area contributed by atoms with E-state index in [2.05, 4.69) is 4.98 Å². The second-order valence-electron chi connectivity index (χ2n) is 4.19. The van der Waals surface area contributed by atoms with Crippen LogP contribution >= 0.6 is 0 Å². The predicted molar refractivity (Wildman–Crippen MR) is 74.0 cm³/mol.